The summed E-state index contributed by atoms with van der Waals surface area (Å²) in [5.74, 6) is -0.790. The minimum Gasteiger partial charge on any atom is -0.464 e. The van der Waals surface area contributed by atoms with Crippen molar-refractivity contribution in [2.24, 2.45) is 0 Å². The maximum absolute atomic E-state index is 13.1. The molecule has 0 N–H and O–H groups in total. The van der Waals surface area contributed by atoms with Gasteiger partial charge < -0.3 is 4.74 Å². The molecule has 0 aromatic heterocycles. The number of rotatable bonds is 5. The van der Waals surface area contributed by atoms with Crippen LogP contribution in [0, 0.1) is 0 Å². The van der Waals surface area contributed by atoms with E-state index in [-0.39, 0.29) is 6.61 Å². The number of carbonyl (C=O) groups is 1. The average molecular weight is 188 g/mol. The Balaban J connectivity index is 4.17. The van der Waals surface area contributed by atoms with Gasteiger partial charge in [0, 0.05) is 0 Å². The van der Waals surface area contributed by atoms with Crippen LogP contribution in [0.15, 0.2) is 11.6 Å². The van der Waals surface area contributed by atoms with Crippen molar-refractivity contribution in [1.29, 1.82) is 0 Å². The maximum atomic E-state index is 13.1. The second kappa shape index (κ2) is 6.63. The van der Waals surface area contributed by atoms with E-state index in [9.17, 15) is 9.18 Å². The normalized spacial score (nSPS) is 12.0. The highest BCUT2D eigenvalue weighted by molar-refractivity contribution is 5.76. The van der Waals surface area contributed by atoms with Gasteiger partial charge in [-0.2, -0.15) is 0 Å². The van der Waals surface area contributed by atoms with Gasteiger partial charge in [-0.1, -0.05) is 19.4 Å². The minimum absolute atomic E-state index is 0.223. The summed E-state index contributed by atoms with van der Waals surface area (Å²) in [6, 6.07) is 0. The lowest BCUT2D eigenvalue weighted by molar-refractivity contribution is -0.147. The van der Waals surface area contributed by atoms with E-state index in [0.717, 1.165) is 18.4 Å². The molecule has 0 fully saturated rings. The van der Waals surface area contributed by atoms with Gasteiger partial charge in [0.25, 0.3) is 0 Å². The highest BCUT2D eigenvalue weighted by Crippen LogP contribution is 2.09. The molecule has 0 aliphatic rings. The van der Waals surface area contributed by atoms with Crippen molar-refractivity contribution >= 4 is 5.97 Å². The Morgan fingerprint density at radius 2 is 1.92 bits per heavy atom. The zero-order valence-electron chi connectivity index (χ0n) is 8.47. The first-order valence-electron chi connectivity index (χ1n) is 4.65. The van der Waals surface area contributed by atoms with E-state index in [1.165, 1.54) is 6.08 Å². The Morgan fingerprint density at radius 1 is 1.38 bits per heavy atom. The molecule has 1 unspecified atom stereocenters. The topological polar surface area (TPSA) is 26.3 Å². The second-order valence-electron chi connectivity index (χ2n) is 2.69. The van der Waals surface area contributed by atoms with Gasteiger partial charge in [0.05, 0.1) is 6.61 Å². The molecule has 0 spiro atoms. The molecule has 2 nitrogen and oxygen atoms in total. The van der Waals surface area contributed by atoms with E-state index in [0.29, 0.717) is 0 Å². The Morgan fingerprint density at radius 3 is 2.31 bits per heavy atom. The highest BCUT2D eigenvalue weighted by atomic mass is 19.1. The van der Waals surface area contributed by atoms with Gasteiger partial charge in [0.1, 0.15) is 0 Å². The molecule has 0 aliphatic carbocycles. The molecule has 76 valence electrons. The standard InChI is InChI=1S/C10H17FO2/c1-4-8(5-2)7-9(11)10(12)13-6-3/h7,9H,4-6H2,1-3H3. The summed E-state index contributed by atoms with van der Waals surface area (Å²) in [5.41, 5.74) is 0.945. The second-order valence-corrected chi connectivity index (χ2v) is 2.69. The van der Waals surface area contributed by atoms with Crippen molar-refractivity contribution in [3.05, 3.63) is 11.6 Å². The quantitative estimate of drug-likeness (QED) is 0.489. The van der Waals surface area contributed by atoms with E-state index in [4.69, 9.17) is 0 Å². The largest absolute Gasteiger partial charge is 0.464 e. The molecule has 0 aliphatic heterocycles. The molecule has 0 saturated carbocycles. The number of hydrogen-bond donors (Lipinski definition) is 0. The Labute approximate surface area is 78.8 Å². The van der Waals surface area contributed by atoms with E-state index in [2.05, 4.69) is 4.74 Å². The molecule has 0 amide bonds. The molecule has 0 aromatic rings. The summed E-state index contributed by atoms with van der Waals surface area (Å²) in [7, 11) is 0. The first kappa shape index (κ1) is 12.1. The number of ether oxygens (including phenoxy) is 1. The number of esters is 1. The number of hydrogen-bond acceptors (Lipinski definition) is 2. The zero-order chi connectivity index (χ0) is 10.3. The molecule has 1 atom stereocenters. The summed E-state index contributed by atoms with van der Waals surface area (Å²) < 4.78 is 17.6. The molecule has 3 heteroatoms. The van der Waals surface area contributed by atoms with Gasteiger partial charge >= 0.3 is 5.97 Å². The van der Waals surface area contributed by atoms with Crippen LogP contribution in [0.5, 0.6) is 0 Å². The third-order valence-corrected chi connectivity index (χ3v) is 1.80. The molecule has 13 heavy (non-hydrogen) atoms. The summed E-state index contributed by atoms with van der Waals surface area (Å²) >= 11 is 0. The SMILES string of the molecule is CCOC(=O)C(F)C=C(CC)CC. The van der Waals surface area contributed by atoms with Crippen molar-refractivity contribution in [2.45, 2.75) is 39.8 Å². The van der Waals surface area contributed by atoms with Crippen LogP contribution in [0.25, 0.3) is 0 Å². The molecular formula is C10H17FO2. The zero-order valence-corrected chi connectivity index (χ0v) is 8.47. The van der Waals surface area contributed by atoms with E-state index in [1.54, 1.807) is 6.92 Å². The van der Waals surface area contributed by atoms with Gasteiger partial charge in [-0.15, -0.1) is 0 Å². The number of alkyl halides is 1. The van der Waals surface area contributed by atoms with Crippen LogP contribution in [0.1, 0.15) is 33.6 Å². The lowest BCUT2D eigenvalue weighted by Gasteiger charge is -2.05. The lowest BCUT2D eigenvalue weighted by Crippen LogP contribution is -2.17. The van der Waals surface area contributed by atoms with Crippen LogP contribution in [-0.2, 0) is 9.53 Å². The number of allylic oxidation sites excluding steroid dienone is 1. The van der Waals surface area contributed by atoms with Gasteiger partial charge in [0.15, 0.2) is 0 Å². The van der Waals surface area contributed by atoms with Crippen molar-refractivity contribution in [3.8, 4) is 0 Å². The fourth-order valence-electron chi connectivity index (χ4n) is 0.983. The molecule has 0 saturated heterocycles. The van der Waals surface area contributed by atoms with Crippen LogP contribution < -0.4 is 0 Å². The Kier molecular flexibility index (Phi) is 6.20. The molecule has 0 heterocycles. The van der Waals surface area contributed by atoms with Crippen molar-refractivity contribution in [3.63, 3.8) is 0 Å². The van der Waals surface area contributed by atoms with Crippen LogP contribution >= 0.6 is 0 Å². The summed E-state index contributed by atoms with van der Waals surface area (Å²) in [5, 5.41) is 0. The molecule has 0 aromatic carbocycles. The Bertz CT molecular complexity index is 181. The number of carbonyl (C=O) groups excluding carboxylic acids is 1. The maximum Gasteiger partial charge on any atom is 0.344 e. The van der Waals surface area contributed by atoms with Crippen molar-refractivity contribution in [1.82, 2.24) is 0 Å². The number of halogens is 1. The predicted molar refractivity (Wildman–Crippen MR) is 50.2 cm³/mol. The summed E-state index contributed by atoms with van der Waals surface area (Å²) in [6.45, 7) is 5.76. The van der Waals surface area contributed by atoms with Gasteiger partial charge in [0.2, 0.25) is 6.17 Å². The average Bonchev–Trinajstić information content (AvgIpc) is 2.14. The van der Waals surface area contributed by atoms with E-state index < -0.39 is 12.1 Å². The van der Waals surface area contributed by atoms with Crippen molar-refractivity contribution < 1.29 is 13.9 Å². The Hall–Kier alpha value is -0.860. The third-order valence-electron chi connectivity index (χ3n) is 1.80. The first-order chi connectivity index (χ1) is 6.15. The first-order valence-corrected chi connectivity index (χ1v) is 4.65. The highest BCUT2D eigenvalue weighted by Gasteiger charge is 2.15. The van der Waals surface area contributed by atoms with Crippen LogP contribution in [0.3, 0.4) is 0 Å². The monoisotopic (exact) mass is 188 g/mol. The fourth-order valence-corrected chi connectivity index (χ4v) is 0.983. The summed E-state index contributed by atoms with van der Waals surface area (Å²) in [4.78, 5) is 10.9. The molecular weight excluding hydrogens is 171 g/mol. The van der Waals surface area contributed by atoms with Crippen LogP contribution in [-0.4, -0.2) is 18.7 Å². The smallest absolute Gasteiger partial charge is 0.344 e. The molecule has 0 radical (unpaired) electrons. The van der Waals surface area contributed by atoms with Gasteiger partial charge in [-0.3, -0.25) is 0 Å². The summed E-state index contributed by atoms with van der Waals surface area (Å²) in [6.07, 6.45) is 1.29. The minimum atomic E-state index is -1.60. The van der Waals surface area contributed by atoms with Gasteiger partial charge in [-0.05, 0) is 25.8 Å². The fraction of sp³-hybridized carbons (Fsp3) is 0.700. The lowest BCUT2D eigenvalue weighted by atomic mass is 10.1. The third kappa shape index (κ3) is 4.65. The molecule has 0 bridgehead atoms. The van der Waals surface area contributed by atoms with Crippen molar-refractivity contribution in [2.75, 3.05) is 6.61 Å². The van der Waals surface area contributed by atoms with Crippen LogP contribution in [0.4, 0.5) is 4.39 Å². The predicted octanol–water partition coefficient (Wildman–Crippen LogP) is 2.63. The molecule has 0 rings (SSSR count). The van der Waals surface area contributed by atoms with Gasteiger partial charge in [-0.25, -0.2) is 9.18 Å². The van der Waals surface area contributed by atoms with E-state index >= 15 is 0 Å². The van der Waals surface area contributed by atoms with E-state index in [1.807, 2.05) is 13.8 Å². The van der Waals surface area contributed by atoms with Crippen LogP contribution in [0.2, 0.25) is 0 Å².